The van der Waals surface area contributed by atoms with Crippen molar-refractivity contribution in [3.8, 4) is 0 Å². The summed E-state index contributed by atoms with van der Waals surface area (Å²) in [6.45, 7) is 7.63. The molecule has 1 atom stereocenters. The second-order valence-corrected chi connectivity index (χ2v) is 4.53. The maximum Gasteiger partial charge on any atom is 0.0687 e. The topological polar surface area (TPSA) is 41.5 Å². The molecule has 1 heterocycles. The molecule has 1 aliphatic rings. The maximum atomic E-state index is 9.57. The van der Waals surface area contributed by atoms with Gasteiger partial charge in [-0.3, -0.25) is 0 Å². The molecule has 1 fully saturated rings. The highest BCUT2D eigenvalue weighted by Crippen LogP contribution is 2.13. The van der Waals surface area contributed by atoms with Crippen LogP contribution in [0.15, 0.2) is 0 Å². The van der Waals surface area contributed by atoms with E-state index in [4.69, 9.17) is 4.74 Å². The fourth-order valence-corrected chi connectivity index (χ4v) is 1.62. The molecule has 1 saturated heterocycles. The first kappa shape index (κ1) is 12.0. The fourth-order valence-electron chi connectivity index (χ4n) is 1.62. The lowest BCUT2D eigenvalue weighted by Crippen LogP contribution is -2.35. The van der Waals surface area contributed by atoms with E-state index in [1.54, 1.807) is 0 Å². The number of aliphatic hydroxyl groups excluding tert-OH is 1. The molecule has 84 valence electrons. The molecule has 1 aliphatic heterocycles. The molecule has 0 aromatic carbocycles. The first-order valence-corrected chi connectivity index (χ1v) is 5.66. The zero-order valence-electron chi connectivity index (χ0n) is 9.33. The highest BCUT2D eigenvalue weighted by molar-refractivity contribution is 4.69. The van der Waals surface area contributed by atoms with Crippen molar-refractivity contribution >= 4 is 0 Å². The lowest BCUT2D eigenvalue weighted by molar-refractivity contribution is 0.0636. The van der Waals surface area contributed by atoms with Crippen molar-refractivity contribution in [2.45, 2.75) is 32.8 Å². The molecule has 1 unspecified atom stereocenters. The highest BCUT2D eigenvalue weighted by atomic mass is 16.5. The van der Waals surface area contributed by atoms with Gasteiger partial charge in [-0.2, -0.15) is 0 Å². The summed E-state index contributed by atoms with van der Waals surface area (Å²) in [6, 6.07) is 0. The first-order valence-electron chi connectivity index (χ1n) is 5.66. The van der Waals surface area contributed by atoms with Gasteiger partial charge in [0.1, 0.15) is 0 Å². The van der Waals surface area contributed by atoms with Crippen LogP contribution in [0.3, 0.4) is 0 Å². The third-order valence-corrected chi connectivity index (χ3v) is 2.90. The second kappa shape index (κ2) is 6.38. The van der Waals surface area contributed by atoms with Crippen LogP contribution in [-0.2, 0) is 4.74 Å². The molecular weight excluding hydrogens is 178 g/mol. The van der Waals surface area contributed by atoms with Crippen LogP contribution in [-0.4, -0.2) is 37.5 Å². The number of nitrogens with one attached hydrogen (secondary N) is 1. The van der Waals surface area contributed by atoms with Crippen molar-refractivity contribution < 1.29 is 9.84 Å². The molecule has 0 aromatic heterocycles. The average Bonchev–Trinajstić information content (AvgIpc) is 2.19. The zero-order valence-corrected chi connectivity index (χ0v) is 9.33. The van der Waals surface area contributed by atoms with Gasteiger partial charge in [0.05, 0.1) is 6.10 Å². The van der Waals surface area contributed by atoms with Crippen LogP contribution in [0, 0.1) is 11.8 Å². The van der Waals surface area contributed by atoms with E-state index >= 15 is 0 Å². The van der Waals surface area contributed by atoms with Gasteiger partial charge in [-0.05, 0) is 31.2 Å². The Morgan fingerprint density at radius 2 is 2.00 bits per heavy atom. The minimum Gasteiger partial charge on any atom is -0.392 e. The summed E-state index contributed by atoms with van der Waals surface area (Å²) < 4.78 is 5.29. The minimum absolute atomic E-state index is 0.213. The van der Waals surface area contributed by atoms with Crippen molar-refractivity contribution in [3.63, 3.8) is 0 Å². The van der Waals surface area contributed by atoms with Crippen LogP contribution in [0.4, 0.5) is 0 Å². The summed E-state index contributed by atoms with van der Waals surface area (Å²) in [5.74, 6) is 1.08. The monoisotopic (exact) mass is 201 g/mol. The normalized spacial score (nSPS) is 21.4. The summed E-state index contributed by atoms with van der Waals surface area (Å²) in [6.07, 6.45) is 2.10. The molecule has 0 bridgehead atoms. The van der Waals surface area contributed by atoms with E-state index in [0.29, 0.717) is 5.92 Å². The van der Waals surface area contributed by atoms with Crippen LogP contribution < -0.4 is 5.32 Å². The average molecular weight is 201 g/mol. The zero-order chi connectivity index (χ0) is 10.4. The Morgan fingerprint density at radius 3 is 2.57 bits per heavy atom. The van der Waals surface area contributed by atoms with Crippen LogP contribution in [0.5, 0.6) is 0 Å². The Morgan fingerprint density at radius 1 is 1.36 bits per heavy atom. The van der Waals surface area contributed by atoms with Gasteiger partial charge in [0.25, 0.3) is 0 Å². The second-order valence-electron chi connectivity index (χ2n) is 4.53. The van der Waals surface area contributed by atoms with Crippen molar-refractivity contribution in [2.24, 2.45) is 11.8 Å². The van der Waals surface area contributed by atoms with Crippen LogP contribution in [0.2, 0.25) is 0 Å². The summed E-state index contributed by atoms with van der Waals surface area (Å²) in [5, 5.41) is 12.9. The third kappa shape index (κ3) is 4.40. The van der Waals surface area contributed by atoms with Crippen molar-refractivity contribution in [3.05, 3.63) is 0 Å². The summed E-state index contributed by atoms with van der Waals surface area (Å²) in [5.41, 5.74) is 0. The molecule has 14 heavy (non-hydrogen) atoms. The molecule has 0 aromatic rings. The molecule has 0 saturated carbocycles. The maximum absolute atomic E-state index is 9.57. The molecule has 0 aliphatic carbocycles. The Kier molecular flexibility index (Phi) is 5.45. The molecule has 1 rings (SSSR count). The fraction of sp³-hybridized carbons (Fsp3) is 1.00. The van der Waals surface area contributed by atoms with E-state index in [0.717, 1.165) is 45.1 Å². The molecule has 3 nitrogen and oxygen atoms in total. The van der Waals surface area contributed by atoms with Gasteiger partial charge in [0.2, 0.25) is 0 Å². The van der Waals surface area contributed by atoms with Gasteiger partial charge < -0.3 is 15.2 Å². The number of rotatable bonds is 5. The van der Waals surface area contributed by atoms with Gasteiger partial charge in [-0.1, -0.05) is 13.8 Å². The Balaban J connectivity index is 2.02. The van der Waals surface area contributed by atoms with E-state index < -0.39 is 0 Å². The Hall–Kier alpha value is -0.120. The lowest BCUT2D eigenvalue weighted by atomic mass is 10.00. The summed E-state index contributed by atoms with van der Waals surface area (Å²) in [7, 11) is 0. The lowest BCUT2D eigenvalue weighted by Gasteiger charge is -2.23. The van der Waals surface area contributed by atoms with Crippen LogP contribution in [0.1, 0.15) is 26.7 Å². The smallest absolute Gasteiger partial charge is 0.0687 e. The largest absolute Gasteiger partial charge is 0.392 e. The van der Waals surface area contributed by atoms with Crippen molar-refractivity contribution in [2.75, 3.05) is 26.3 Å². The number of hydrogen-bond acceptors (Lipinski definition) is 3. The van der Waals surface area contributed by atoms with E-state index in [1.165, 1.54) is 0 Å². The predicted octanol–water partition coefficient (Wildman–Crippen LogP) is 1.02. The highest BCUT2D eigenvalue weighted by Gasteiger charge is 2.14. The number of aliphatic hydroxyl groups is 1. The van der Waals surface area contributed by atoms with Crippen LogP contribution >= 0.6 is 0 Å². The molecule has 3 heteroatoms. The van der Waals surface area contributed by atoms with Crippen molar-refractivity contribution in [1.82, 2.24) is 5.32 Å². The van der Waals surface area contributed by atoms with E-state index in [9.17, 15) is 5.11 Å². The van der Waals surface area contributed by atoms with E-state index in [2.05, 4.69) is 5.32 Å². The van der Waals surface area contributed by atoms with E-state index in [-0.39, 0.29) is 6.10 Å². The van der Waals surface area contributed by atoms with Gasteiger partial charge in [0.15, 0.2) is 0 Å². The molecular formula is C11H23NO2. The standard InChI is InChI=1S/C11H23NO2/c1-9(2)11(13)8-12-7-10-3-5-14-6-4-10/h9-13H,3-8H2,1-2H3. The molecule has 0 radical (unpaired) electrons. The quantitative estimate of drug-likeness (QED) is 0.698. The van der Waals surface area contributed by atoms with Gasteiger partial charge in [-0.25, -0.2) is 0 Å². The molecule has 2 N–H and O–H groups in total. The Bertz CT molecular complexity index is 144. The van der Waals surface area contributed by atoms with E-state index in [1.807, 2.05) is 13.8 Å². The van der Waals surface area contributed by atoms with Gasteiger partial charge >= 0.3 is 0 Å². The summed E-state index contributed by atoms with van der Waals surface area (Å²) in [4.78, 5) is 0. The van der Waals surface area contributed by atoms with Gasteiger partial charge in [0, 0.05) is 19.8 Å². The SMILES string of the molecule is CC(C)C(O)CNCC1CCOCC1. The van der Waals surface area contributed by atoms with Crippen LogP contribution in [0.25, 0.3) is 0 Å². The van der Waals surface area contributed by atoms with Crippen molar-refractivity contribution in [1.29, 1.82) is 0 Å². The number of ether oxygens (including phenoxy) is 1. The predicted molar refractivity (Wildman–Crippen MR) is 57.3 cm³/mol. The number of hydrogen-bond donors (Lipinski definition) is 2. The Labute approximate surface area is 86.8 Å². The minimum atomic E-state index is -0.213. The summed E-state index contributed by atoms with van der Waals surface area (Å²) >= 11 is 0. The molecule has 0 amide bonds. The van der Waals surface area contributed by atoms with Gasteiger partial charge in [-0.15, -0.1) is 0 Å². The third-order valence-electron chi connectivity index (χ3n) is 2.90. The molecule has 0 spiro atoms. The first-order chi connectivity index (χ1) is 6.70.